The standard InChI is InChI=1S/C56H63N11O5S/c1-34-48(73-33-62-34)37-14-12-36(13-15-37)31-61-53(71)45-30-41(68)32-66(45)54(72)49(55(2,3)4)65-47(70)23-22-46(69)59-28-24-35-9-6-10-38(29-35)43-20-21-44-52(63-43)67(51(64-44)42-11-7-27-60-50(42)57)40-18-16-39(17-19-40)56(58-5)25-8-26-56/h6-7,9-21,27,29,33,41,45,49,58,68H,8,22-26,28,30-32H2,1-5H3,(H2,57,60)(H,59,69)(H,61,71)(H,65,70)/t41-,45+,49-/m1/s1. The molecule has 4 amide bonds. The number of rotatable bonds is 17. The van der Waals surface area contributed by atoms with Gasteiger partial charge in [-0.15, -0.1) is 11.3 Å². The molecule has 7 aromatic rings. The molecule has 73 heavy (non-hydrogen) atoms. The van der Waals surface area contributed by atoms with Gasteiger partial charge in [-0.3, -0.25) is 23.7 Å². The lowest BCUT2D eigenvalue weighted by Gasteiger charge is -2.42. The second-order valence-corrected chi connectivity index (χ2v) is 21.1. The molecule has 1 aliphatic carbocycles. The molecule has 2 fully saturated rings. The fraction of sp³-hybridized carbons (Fsp3) is 0.357. The van der Waals surface area contributed by atoms with Crippen LogP contribution in [-0.4, -0.2) is 96.5 Å². The van der Waals surface area contributed by atoms with Crippen LogP contribution in [0.4, 0.5) is 5.82 Å². The Morgan fingerprint density at radius 3 is 2.33 bits per heavy atom. The molecular formula is C56H63N11O5S. The third-order valence-corrected chi connectivity index (χ3v) is 15.2. The van der Waals surface area contributed by atoms with Crippen molar-refractivity contribution >= 4 is 51.9 Å². The van der Waals surface area contributed by atoms with Gasteiger partial charge in [0.2, 0.25) is 23.6 Å². The lowest BCUT2D eigenvalue weighted by Crippen LogP contribution is -2.57. The highest BCUT2D eigenvalue weighted by Gasteiger charge is 2.44. The summed E-state index contributed by atoms with van der Waals surface area (Å²) in [6.45, 7) is 7.98. The average molecular weight is 1000 g/mol. The molecule has 0 radical (unpaired) electrons. The number of thiazole rings is 1. The minimum Gasteiger partial charge on any atom is -0.391 e. The molecule has 2 aliphatic rings. The SMILES string of the molecule is CNC1(c2ccc(-n3c(-c4cccnc4N)nc4ccc(-c5cccc(CCNC(=O)CCC(=O)N[C@H](C(=O)N6C[C@H](O)C[C@H]6C(=O)NCc6ccc(-c7scnc7C)cc6)C(C)(C)C)c5)nc43)cc2)CCC1. The number of carbonyl (C=O) groups excluding carboxylic acids is 4. The molecule has 378 valence electrons. The van der Waals surface area contributed by atoms with Crippen LogP contribution in [0.3, 0.4) is 0 Å². The van der Waals surface area contributed by atoms with Gasteiger partial charge < -0.3 is 37.0 Å². The van der Waals surface area contributed by atoms with E-state index in [0.29, 0.717) is 41.3 Å². The topological polar surface area (TPSA) is 222 Å². The number of nitrogens with zero attached hydrogens (tertiary/aromatic N) is 6. The van der Waals surface area contributed by atoms with Gasteiger partial charge in [-0.2, -0.15) is 0 Å². The first-order valence-electron chi connectivity index (χ1n) is 24.9. The van der Waals surface area contributed by atoms with Gasteiger partial charge in [0.15, 0.2) is 11.5 Å². The molecular weight excluding hydrogens is 939 g/mol. The molecule has 7 N–H and O–H groups in total. The lowest BCUT2D eigenvalue weighted by atomic mass is 9.72. The van der Waals surface area contributed by atoms with E-state index in [1.165, 1.54) is 16.9 Å². The van der Waals surface area contributed by atoms with E-state index in [1.807, 2.05) is 112 Å². The lowest BCUT2D eigenvalue weighted by molar-refractivity contribution is -0.144. The van der Waals surface area contributed by atoms with E-state index in [4.69, 9.17) is 15.7 Å². The molecule has 9 rings (SSSR count). The number of hydrogen-bond acceptors (Lipinski definition) is 12. The summed E-state index contributed by atoms with van der Waals surface area (Å²) < 4.78 is 2.03. The Kier molecular flexibility index (Phi) is 14.8. The van der Waals surface area contributed by atoms with Crippen LogP contribution in [0, 0.1) is 12.3 Å². The van der Waals surface area contributed by atoms with E-state index in [-0.39, 0.29) is 49.7 Å². The summed E-state index contributed by atoms with van der Waals surface area (Å²) in [6.07, 6.45) is 4.53. The predicted molar refractivity (Wildman–Crippen MR) is 284 cm³/mol. The highest BCUT2D eigenvalue weighted by Crippen LogP contribution is 2.41. The van der Waals surface area contributed by atoms with Gasteiger partial charge in [-0.25, -0.2) is 19.9 Å². The summed E-state index contributed by atoms with van der Waals surface area (Å²) in [5.74, 6) is -0.607. The number of nitrogen functional groups attached to an aromatic ring is 1. The van der Waals surface area contributed by atoms with E-state index in [9.17, 15) is 24.3 Å². The van der Waals surface area contributed by atoms with Crippen LogP contribution in [-0.2, 0) is 37.7 Å². The van der Waals surface area contributed by atoms with Gasteiger partial charge in [0, 0.05) is 61.9 Å². The third-order valence-electron chi connectivity index (χ3n) is 14.2. The van der Waals surface area contributed by atoms with Crippen LogP contribution in [0.1, 0.15) is 81.7 Å². The van der Waals surface area contributed by atoms with Gasteiger partial charge >= 0.3 is 0 Å². The Morgan fingerprint density at radius 2 is 1.64 bits per heavy atom. The molecule has 1 aliphatic heterocycles. The molecule has 0 unspecified atom stereocenters. The number of hydrogen-bond donors (Lipinski definition) is 6. The Labute approximate surface area is 429 Å². The molecule has 0 spiro atoms. The summed E-state index contributed by atoms with van der Waals surface area (Å²) in [6, 6.07) is 30.2. The monoisotopic (exact) mass is 1000 g/mol. The molecule has 3 aromatic carbocycles. The van der Waals surface area contributed by atoms with Crippen LogP contribution in [0.5, 0.6) is 0 Å². The van der Waals surface area contributed by atoms with Crippen molar-refractivity contribution in [2.75, 3.05) is 25.9 Å². The number of likely N-dealkylation sites (tertiary alicyclic amines) is 1. The van der Waals surface area contributed by atoms with Crippen molar-refractivity contribution < 1.29 is 24.3 Å². The number of nitrogens with two attached hydrogens (primary N) is 1. The minimum absolute atomic E-state index is 0.00529. The second kappa shape index (κ2) is 21.4. The van der Waals surface area contributed by atoms with Crippen molar-refractivity contribution in [3.63, 3.8) is 0 Å². The summed E-state index contributed by atoms with van der Waals surface area (Å²) in [7, 11) is 2.02. The maximum absolute atomic E-state index is 14.1. The quantitative estimate of drug-likeness (QED) is 0.0545. The Balaban J connectivity index is 0.800. The number of amides is 4. The molecule has 1 saturated carbocycles. The molecule has 3 atom stereocenters. The van der Waals surface area contributed by atoms with Gasteiger partial charge in [-0.05, 0) is 110 Å². The minimum atomic E-state index is -1.01. The Bertz CT molecular complexity index is 3140. The fourth-order valence-electron chi connectivity index (χ4n) is 9.85. The van der Waals surface area contributed by atoms with Crippen LogP contribution in [0.15, 0.2) is 109 Å². The number of benzene rings is 3. The molecule has 4 aromatic heterocycles. The predicted octanol–water partition coefficient (Wildman–Crippen LogP) is 7.01. The molecule has 0 bridgehead atoms. The zero-order valence-corrected chi connectivity index (χ0v) is 42.8. The number of β-amino-alcohol motifs (C(OH)–C–C–N with tert-alkyl or cyclic N) is 1. The van der Waals surface area contributed by atoms with Crippen molar-refractivity contribution in [1.29, 1.82) is 0 Å². The largest absolute Gasteiger partial charge is 0.391 e. The zero-order valence-electron chi connectivity index (χ0n) is 41.9. The molecule has 5 heterocycles. The Hall–Kier alpha value is -7.34. The third kappa shape index (κ3) is 11.0. The average Bonchev–Trinajstić information content (AvgIpc) is 4.10. The number of imidazole rings is 1. The highest BCUT2D eigenvalue weighted by atomic mass is 32.1. The smallest absolute Gasteiger partial charge is 0.246 e. The first kappa shape index (κ1) is 50.6. The number of aliphatic hydroxyl groups is 1. The number of carbonyl (C=O) groups is 4. The van der Waals surface area contributed by atoms with E-state index in [0.717, 1.165) is 57.0 Å². The number of anilines is 1. The molecule has 1 saturated heterocycles. The summed E-state index contributed by atoms with van der Waals surface area (Å²) in [5, 5.41) is 22.9. The normalized spacial score (nSPS) is 16.7. The second-order valence-electron chi connectivity index (χ2n) is 20.2. The fourth-order valence-corrected chi connectivity index (χ4v) is 10.7. The molecule has 16 nitrogen and oxygen atoms in total. The first-order valence-corrected chi connectivity index (χ1v) is 25.8. The van der Waals surface area contributed by atoms with Crippen molar-refractivity contribution in [3.05, 3.63) is 131 Å². The van der Waals surface area contributed by atoms with Crippen molar-refractivity contribution in [2.45, 2.75) is 103 Å². The maximum atomic E-state index is 14.1. The van der Waals surface area contributed by atoms with Gasteiger partial charge in [-0.1, -0.05) is 75.4 Å². The summed E-state index contributed by atoms with van der Waals surface area (Å²) in [4.78, 5) is 75.5. The van der Waals surface area contributed by atoms with E-state index in [1.54, 1.807) is 17.5 Å². The number of aromatic nitrogens is 5. The number of fused-ring (bicyclic) bond motifs is 1. The van der Waals surface area contributed by atoms with E-state index < -0.39 is 35.4 Å². The van der Waals surface area contributed by atoms with Crippen LogP contribution in [0.2, 0.25) is 0 Å². The number of pyridine rings is 2. The van der Waals surface area contributed by atoms with E-state index in [2.05, 4.69) is 61.6 Å². The van der Waals surface area contributed by atoms with Crippen molar-refractivity contribution in [2.24, 2.45) is 5.41 Å². The first-order chi connectivity index (χ1) is 35.1. The van der Waals surface area contributed by atoms with Gasteiger partial charge in [0.05, 0.1) is 33.4 Å². The van der Waals surface area contributed by atoms with Gasteiger partial charge in [0.1, 0.15) is 23.4 Å². The van der Waals surface area contributed by atoms with E-state index >= 15 is 0 Å². The summed E-state index contributed by atoms with van der Waals surface area (Å²) >= 11 is 1.57. The maximum Gasteiger partial charge on any atom is 0.246 e. The number of aryl methyl sites for hydroxylation is 1. The van der Waals surface area contributed by atoms with Crippen LogP contribution >= 0.6 is 11.3 Å². The van der Waals surface area contributed by atoms with Crippen LogP contribution in [0.25, 0.3) is 49.9 Å². The van der Waals surface area contributed by atoms with Crippen LogP contribution < -0.4 is 27.0 Å². The number of nitrogens with one attached hydrogen (secondary N) is 4. The van der Waals surface area contributed by atoms with Crippen molar-refractivity contribution in [3.8, 4) is 38.8 Å². The van der Waals surface area contributed by atoms with Gasteiger partial charge in [0.25, 0.3) is 0 Å². The molecule has 17 heteroatoms. The summed E-state index contributed by atoms with van der Waals surface area (Å²) in [5.41, 5.74) is 17.2. The van der Waals surface area contributed by atoms with Crippen molar-refractivity contribution in [1.82, 2.24) is 50.7 Å². The number of aliphatic hydroxyl groups excluding tert-OH is 1. The Morgan fingerprint density at radius 1 is 0.877 bits per heavy atom. The highest BCUT2D eigenvalue weighted by molar-refractivity contribution is 7.13. The zero-order chi connectivity index (χ0) is 51.4.